The van der Waals surface area contributed by atoms with Gasteiger partial charge in [0.2, 0.25) is 5.95 Å². The summed E-state index contributed by atoms with van der Waals surface area (Å²) in [6.45, 7) is 2.16. The van der Waals surface area contributed by atoms with E-state index in [-0.39, 0.29) is 47.1 Å². The number of nitrogen functional groups attached to an aromatic ring is 1. The molecule has 36 heavy (non-hydrogen) atoms. The fraction of sp³-hybridized carbons (Fsp3) is 0.364. The Morgan fingerprint density at radius 2 is 1.94 bits per heavy atom. The van der Waals surface area contributed by atoms with Crippen molar-refractivity contribution < 1.29 is 18.9 Å². The Bertz CT molecular complexity index is 1410. The molecular weight excluding hydrogens is 488 g/mol. The quantitative estimate of drug-likeness (QED) is 0.203. The van der Waals surface area contributed by atoms with Gasteiger partial charge in [0.25, 0.3) is 11.5 Å². The molecule has 2 aromatic heterocycles. The molecule has 0 radical (unpaired) electrons. The minimum atomic E-state index is -2.88. The number of benzene rings is 1. The van der Waals surface area contributed by atoms with Crippen LogP contribution in [0.2, 0.25) is 0 Å². The zero-order valence-electron chi connectivity index (χ0n) is 19.6. The van der Waals surface area contributed by atoms with Crippen LogP contribution in [0.15, 0.2) is 35.3 Å². The van der Waals surface area contributed by atoms with Gasteiger partial charge in [-0.2, -0.15) is 4.98 Å². The third kappa shape index (κ3) is 7.21. The van der Waals surface area contributed by atoms with E-state index in [0.717, 1.165) is 6.42 Å². The Labute approximate surface area is 206 Å². The smallest absolute Gasteiger partial charge is 0.326 e. The third-order valence-corrected chi connectivity index (χ3v) is 7.12. The molecule has 2 heterocycles. The topological polar surface area (TPSA) is 217 Å². The van der Waals surface area contributed by atoms with E-state index in [0.29, 0.717) is 17.8 Å². The molecule has 0 fully saturated rings. The average molecular weight is 517 g/mol. The molecule has 0 aliphatic carbocycles. The van der Waals surface area contributed by atoms with Crippen LogP contribution >= 0.6 is 0 Å². The maximum atomic E-state index is 12.5. The molecule has 1 amide bonds. The molecule has 14 heteroatoms. The molecule has 7 N–H and O–H groups in total. The first kappa shape index (κ1) is 26.5. The van der Waals surface area contributed by atoms with E-state index in [1.54, 1.807) is 12.1 Å². The Balaban J connectivity index is 1.59. The largest absolute Gasteiger partial charge is 0.480 e. The number of hydrogen-bond acceptors (Lipinski definition) is 10. The van der Waals surface area contributed by atoms with Crippen LogP contribution in [0.1, 0.15) is 42.2 Å². The van der Waals surface area contributed by atoms with Gasteiger partial charge < -0.3 is 21.5 Å². The lowest BCUT2D eigenvalue weighted by Crippen LogP contribution is -2.42. The summed E-state index contributed by atoms with van der Waals surface area (Å²) in [5, 5.41) is 15.0. The lowest BCUT2D eigenvalue weighted by atomic mass is 10.1. The lowest BCUT2D eigenvalue weighted by molar-refractivity contribution is -0.139. The number of unbranched alkanes of at least 4 members (excludes halogenated alkanes) is 1. The van der Waals surface area contributed by atoms with E-state index in [4.69, 9.17) is 10.5 Å². The standard InChI is InChI=1S/C22H28N8O5S/c1-2-3-9-36(24,35)10-8-16(21(33)34)28-19(31)13-4-6-14(7-5-13)25-11-15-12-26-18-17(27-15)20(32)30-22(23)29-18/h4-7,12,16,24-25H,2-3,8-11H2,1H3,(H,28,31)(H,33,34)(H3,23,26,29,30,32). The van der Waals surface area contributed by atoms with Crippen LogP contribution in [0.25, 0.3) is 11.2 Å². The summed E-state index contributed by atoms with van der Waals surface area (Å²) in [5.41, 5.74) is 6.58. The second-order valence-corrected chi connectivity index (χ2v) is 10.6. The van der Waals surface area contributed by atoms with Crippen LogP contribution in [0.3, 0.4) is 0 Å². The summed E-state index contributed by atoms with van der Waals surface area (Å²) in [6.07, 6.45) is 2.80. The van der Waals surface area contributed by atoms with Crippen LogP contribution in [0.5, 0.6) is 0 Å². The van der Waals surface area contributed by atoms with E-state index in [2.05, 4.69) is 30.6 Å². The van der Waals surface area contributed by atoms with Crippen LogP contribution in [0, 0.1) is 4.78 Å². The number of carbonyl (C=O) groups is 2. The number of H-pyrrole nitrogens is 1. The van der Waals surface area contributed by atoms with Crippen molar-refractivity contribution in [1.82, 2.24) is 25.3 Å². The van der Waals surface area contributed by atoms with Gasteiger partial charge in [0.15, 0.2) is 11.2 Å². The van der Waals surface area contributed by atoms with Gasteiger partial charge in [0, 0.05) is 32.5 Å². The number of carboxylic acid groups (broad SMARTS) is 1. The molecule has 0 aliphatic heterocycles. The van der Waals surface area contributed by atoms with Crippen LogP contribution in [-0.4, -0.2) is 58.7 Å². The second-order valence-electron chi connectivity index (χ2n) is 8.14. The molecule has 0 spiro atoms. The van der Waals surface area contributed by atoms with Gasteiger partial charge in [-0.05, 0) is 37.1 Å². The van der Waals surface area contributed by atoms with Crippen molar-refractivity contribution in [3.05, 3.63) is 52.1 Å². The highest BCUT2D eigenvalue weighted by molar-refractivity contribution is 7.92. The number of aliphatic carboxylic acids is 1. The highest BCUT2D eigenvalue weighted by Crippen LogP contribution is 2.12. The van der Waals surface area contributed by atoms with E-state index >= 15 is 0 Å². The summed E-state index contributed by atoms with van der Waals surface area (Å²) < 4.78 is 20.1. The molecule has 0 saturated heterocycles. The summed E-state index contributed by atoms with van der Waals surface area (Å²) in [6, 6.07) is 5.07. The average Bonchev–Trinajstić information content (AvgIpc) is 2.84. The fourth-order valence-electron chi connectivity index (χ4n) is 3.27. The molecule has 13 nitrogen and oxygen atoms in total. The van der Waals surface area contributed by atoms with Crippen LogP contribution < -0.4 is 21.9 Å². The molecule has 192 valence electrons. The third-order valence-electron chi connectivity index (χ3n) is 5.27. The lowest BCUT2D eigenvalue weighted by Gasteiger charge is -2.16. The number of anilines is 2. The van der Waals surface area contributed by atoms with Gasteiger partial charge in [-0.25, -0.2) is 19.0 Å². The fourth-order valence-corrected chi connectivity index (χ4v) is 4.85. The molecule has 2 unspecified atom stereocenters. The number of nitrogens with two attached hydrogens (primary N) is 1. The van der Waals surface area contributed by atoms with Crippen molar-refractivity contribution >= 4 is 44.4 Å². The molecular formula is C22H28N8O5S. The second kappa shape index (κ2) is 11.6. The minimum absolute atomic E-state index is 0.0468. The monoisotopic (exact) mass is 516 g/mol. The number of carbonyl (C=O) groups excluding carboxylic acids is 1. The number of nitrogens with one attached hydrogen (secondary N) is 4. The van der Waals surface area contributed by atoms with Gasteiger partial charge >= 0.3 is 5.97 Å². The molecule has 0 bridgehead atoms. The summed E-state index contributed by atoms with van der Waals surface area (Å²) in [4.78, 5) is 50.7. The normalized spacial score (nSPS) is 13.6. The number of nitrogens with zero attached hydrogens (tertiary/aromatic N) is 3. The predicted octanol–water partition coefficient (Wildman–Crippen LogP) is 1.33. The van der Waals surface area contributed by atoms with E-state index in [9.17, 15) is 23.7 Å². The number of amides is 1. The van der Waals surface area contributed by atoms with Crippen molar-refractivity contribution in [2.45, 2.75) is 38.8 Å². The summed E-state index contributed by atoms with van der Waals surface area (Å²) in [7, 11) is -2.88. The van der Waals surface area contributed by atoms with Gasteiger partial charge in [-0.3, -0.25) is 19.4 Å². The Kier molecular flexibility index (Phi) is 8.53. The first-order valence-electron chi connectivity index (χ1n) is 11.2. The first-order valence-corrected chi connectivity index (χ1v) is 13.1. The molecule has 1 aromatic carbocycles. The number of fused-ring (bicyclic) bond motifs is 1. The molecule has 2 atom stereocenters. The first-order chi connectivity index (χ1) is 17.1. The van der Waals surface area contributed by atoms with Gasteiger partial charge in [0.1, 0.15) is 6.04 Å². The van der Waals surface area contributed by atoms with Crippen molar-refractivity contribution in [2.24, 2.45) is 0 Å². The van der Waals surface area contributed by atoms with Crippen molar-refractivity contribution in [2.75, 3.05) is 22.6 Å². The van der Waals surface area contributed by atoms with Crippen molar-refractivity contribution in [3.63, 3.8) is 0 Å². The molecule has 3 rings (SSSR count). The molecule has 3 aromatic rings. The number of aromatic nitrogens is 4. The maximum Gasteiger partial charge on any atom is 0.326 e. The summed E-state index contributed by atoms with van der Waals surface area (Å²) in [5.74, 6) is -1.77. The van der Waals surface area contributed by atoms with E-state index in [1.165, 1.54) is 18.3 Å². The van der Waals surface area contributed by atoms with E-state index in [1.807, 2.05) is 6.92 Å². The van der Waals surface area contributed by atoms with Crippen LogP contribution in [0.4, 0.5) is 11.6 Å². The number of carboxylic acids is 1. The Morgan fingerprint density at radius 3 is 2.61 bits per heavy atom. The molecule has 0 aliphatic rings. The summed E-state index contributed by atoms with van der Waals surface area (Å²) >= 11 is 0. The highest BCUT2D eigenvalue weighted by atomic mass is 32.2. The maximum absolute atomic E-state index is 12.5. The van der Waals surface area contributed by atoms with Gasteiger partial charge in [-0.1, -0.05) is 13.3 Å². The number of rotatable bonds is 12. The predicted molar refractivity (Wildman–Crippen MR) is 135 cm³/mol. The zero-order valence-corrected chi connectivity index (χ0v) is 20.4. The number of aromatic amines is 1. The van der Waals surface area contributed by atoms with E-state index < -0.39 is 33.2 Å². The van der Waals surface area contributed by atoms with Gasteiger partial charge in [0.05, 0.1) is 18.4 Å². The van der Waals surface area contributed by atoms with Crippen molar-refractivity contribution in [1.29, 1.82) is 4.78 Å². The van der Waals surface area contributed by atoms with Crippen LogP contribution in [-0.2, 0) is 21.1 Å². The Hall–Kier alpha value is -4.07. The molecule has 0 saturated carbocycles. The minimum Gasteiger partial charge on any atom is -0.480 e. The Morgan fingerprint density at radius 1 is 1.22 bits per heavy atom. The SMILES string of the molecule is CCCCS(=N)(=O)CCC(NC(=O)c1ccc(NCc2cnc3nc(N)[nH]c(=O)c3n2)cc1)C(=O)O. The zero-order chi connectivity index (χ0) is 26.3. The van der Waals surface area contributed by atoms with Gasteiger partial charge in [-0.15, -0.1) is 0 Å². The van der Waals surface area contributed by atoms with Crippen molar-refractivity contribution in [3.8, 4) is 0 Å². The number of hydrogen-bond donors (Lipinski definition) is 6. The highest BCUT2D eigenvalue weighted by Gasteiger charge is 2.22.